The van der Waals surface area contributed by atoms with Crippen molar-refractivity contribution in [3.8, 4) is 16.9 Å². The summed E-state index contributed by atoms with van der Waals surface area (Å²) in [5.41, 5.74) is 2.26. The van der Waals surface area contributed by atoms with Crippen LogP contribution < -0.4 is 10.2 Å². The number of unbranched alkanes of at least 4 members (excludes halogenated alkanes) is 7. The van der Waals surface area contributed by atoms with Crippen molar-refractivity contribution in [2.24, 2.45) is 0 Å². The number of rotatable bonds is 12. The normalized spacial score (nSPS) is 10.7. The first-order valence-corrected chi connectivity index (χ1v) is 9.90. The van der Waals surface area contributed by atoms with E-state index in [1.807, 2.05) is 42.5 Å². The molecule has 140 valence electrons. The van der Waals surface area contributed by atoms with E-state index in [1.165, 1.54) is 44.9 Å². The molecule has 0 saturated heterocycles. The van der Waals surface area contributed by atoms with Crippen LogP contribution in [0.25, 0.3) is 11.1 Å². The van der Waals surface area contributed by atoms with E-state index in [1.54, 1.807) is 6.07 Å². The molecule has 4 heteroatoms. The predicted molar refractivity (Wildman–Crippen MR) is 110 cm³/mol. The average molecular weight is 354 g/mol. The first kappa shape index (κ1) is 20.5. The minimum atomic E-state index is -1.52. The highest BCUT2D eigenvalue weighted by Gasteiger charge is 2.18. The van der Waals surface area contributed by atoms with Gasteiger partial charge in [-0.2, -0.15) is 0 Å². The average Bonchev–Trinajstić information content (AvgIpc) is 2.67. The van der Waals surface area contributed by atoms with E-state index in [4.69, 9.17) is 4.74 Å². The third-order valence-electron chi connectivity index (χ3n) is 4.65. The van der Waals surface area contributed by atoms with Crippen LogP contribution in [-0.4, -0.2) is 23.8 Å². The Morgan fingerprint density at radius 2 is 1.46 bits per heavy atom. The second-order valence-corrected chi connectivity index (χ2v) is 6.81. The highest BCUT2D eigenvalue weighted by molar-refractivity contribution is 6.60. The fourth-order valence-corrected chi connectivity index (χ4v) is 3.15. The zero-order valence-electron chi connectivity index (χ0n) is 15.9. The Bertz CT molecular complexity index is 629. The summed E-state index contributed by atoms with van der Waals surface area (Å²) in [4.78, 5) is 0. The van der Waals surface area contributed by atoms with Crippen LogP contribution in [0.4, 0.5) is 0 Å². The Morgan fingerprint density at radius 1 is 0.808 bits per heavy atom. The maximum atomic E-state index is 9.72. The van der Waals surface area contributed by atoms with E-state index < -0.39 is 7.12 Å². The first-order valence-electron chi connectivity index (χ1n) is 9.90. The van der Waals surface area contributed by atoms with Gasteiger partial charge in [0.05, 0.1) is 6.61 Å². The zero-order chi connectivity index (χ0) is 18.6. The standard InChI is InChI=1S/C22H31BO3/c1-2-3-4-5-6-7-8-12-17-26-20-15-16-21(22(18-20)23(24)25)19-13-10-9-11-14-19/h9-11,13-16,18,24-25H,2-8,12,17H2,1H3. The second-order valence-electron chi connectivity index (χ2n) is 6.81. The van der Waals surface area contributed by atoms with E-state index in [0.29, 0.717) is 17.8 Å². The molecule has 0 spiro atoms. The number of benzene rings is 2. The van der Waals surface area contributed by atoms with Gasteiger partial charge >= 0.3 is 7.12 Å². The van der Waals surface area contributed by atoms with Crippen LogP contribution in [0.15, 0.2) is 48.5 Å². The molecule has 0 saturated carbocycles. The molecule has 0 amide bonds. The molecular weight excluding hydrogens is 323 g/mol. The Labute approximate surface area is 158 Å². The van der Waals surface area contributed by atoms with Crippen LogP contribution in [-0.2, 0) is 0 Å². The molecule has 0 radical (unpaired) electrons. The number of ether oxygens (including phenoxy) is 1. The molecule has 0 unspecified atom stereocenters. The largest absolute Gasteiger partial charge is 0.494 e. The summed E-state index contributed by atoms with van der Waals surface area (Å²) < 4.78 is 5.81. The van der Waals surface area contributed by atoms with Gasteiger partial charge in [-0.05, 0) is 35.1 Å². The van der Waals surface area contributed by atoms with Crippen molar-refractivity contribution >= 4 is 12.6 Å². The molecule has 2 aromatic rings. The van der Waals surface area contributed by atoms with E-state index in [2.05, 4.69) is 6.92 Å². The van der Waals surface area contributed by atoms with Gasteiger partial charge in [0.1, 0.15) is 5.75 Å². The van der Waals surface area contributed by atoms with Crippen molar-refractivity contribution in [3.63, 3.8) is 0 Å². The van der Waals surface area contributed by atoms with Crippen molar-refractivity contribution in [1.82, 2.24) is 0 Å². The molecule has 0 aliphatic heterocycles. The van der Waals surface area contributed by atoms with Crippen molar-refractivity contribution in [1.29, 1.82) is 0 Å². The van der Waals surface area contributed by atoms with Crippen molar-refractivity contribution in [2.75, 3.05) is 6.61 Å². The number of hydrogen-bond acceptors (Lipinski definition) is 3. The third-order valence-corrected chi connectivity index (χ3v) is 4.65. The Balaban J connectivity index is 1.81. The smallest absolute Gasteiger partial charge is 0.489 e. The molecule has 0 fully saturated rings. The molecule has 0 aliphatic carbocycles. The molecule has 26 heavy (non-hydrogen) atoms. The van der Waals surface area contributed by atoms with Crippen molar-refractivity contribution in [2.45, 2.75) is 58.3 Å². The maximum Gasteiger partial charge on any atom is 0.489 e. The number of hydrogen-bond donors (Lipinski definition) is 2. The van der Waals surface area contributed by atoms with E-state index in [0.717, 1.165) is 17.5 Å². The van der Waals surface area contributed by atoms with Gasteiger partial charge in [-0.3, -0.25) is 0 Å². The lowest BCUT2D eigenvalue weighted by atomic mass is 9.75. The highest BCUT2D eigenvalue weighted by Crippen LogP contribution is 2.21. The summed E-state index contributed by atoms with van der Waals surface area (Å²) in [5.74, 6) is 0.690. The summed E-state index contributed by atoms with van der Waals surface area (Å²) in [6.45, 7) is 2.91. The summed E-state index contributed by atoms with van der Waals surface area (Å²) in [6, 6.07) is 15.3. The van der Waals surface area contributed by atoms with Gasteiger partial charge in [-0.25, -0.2) is 0 Å². The van der Waals surface area contributed by atoms with Crippen molar-refractivity contribution in [3.05, 3.63) is 48.5 Å². The van der Waals surface area contributed by atoms with Crippen molar-refractivity contribution < 1.29 is 14.8 Å². The Hall–Kier alpha value is -1.78. The maximum absolute atomic E-state index is 9.72. The molecule has 2 rings (SSSR count). The summed E-state index contributed by atoms with van der Waals surface area (Å²) in [6.07, 6.45) is 10.1. The van der Waals surface area contributed by atoms with E-state index in [9.17, 15) is 10.0 Å². The molecule has 0 aromatic heterocycles. The van der Waals surface area contributed by atoms with E-state index >= 15 is 0 Å². The van der Waals surface area contributed by atoms with Crippen LogP contribution in [0, 0.1) is 0 Å². The topological polar surface area (TPSA) is 49.7 Å². The van der Waals surface area contributed by atoms with E-state index in [-0.39, 0.29) is 0 Å². The lowest BCUT2D eigenvalue weighted by Gasteiger charge is -2.13. The molecule has 3 nitrogen and oxygen atoms in total. The van der Waals surface area contributed by atoms with Gasteiger partial charge in [-0.1, -0.05) is 88.3 Å². The summed E-state index contributed by atoms with van der Waals surface area (Å²) in [5, 5.41) is 19.4. The molecule has 2 aromatic carbocycles. The minimum absolute atomic E-state index is 0.477. The quantitative estimate of drug-likeness (QED) is 0.434. The second kappa shape index (κ2) is 11.8. The fraction of sp³-hybridized carbons (Fsp3) is 0.455. The Kier molecular flexibility index (Phi) is 9.29. The SMILES string of the molecule is CCCCCCCCCCOc1ccc(-c2ccccc2)c(B(O)O)c1. The van der Waals surface area contributed by atoms with Gasteiger partial charge in [0, 0.05) is 0 Å². The van der Waals surface area contributed by atoms with Crippen LogP contribution in [0.3, 0.4) is 0 Å². The molecule has 2 N–H and O–H groups in total. The van der Waals surface area contributed by atoms with Crippen LogP contribution in [0.1, 0.15) is 58.3 Å². The molecular formula is C22H31BO3. The Morgan fingerprint density at radius 3 is 2.12 bits per heavy atom. The molecule has 0 aliphatic rings. The first-order chi connectivity index (χ1) is 12.7. The van der Waals surface area contributed by atoms with Gasteiger partial charge in [0.2, 0.25) is 0 Å². The van der Waals surface area contributed by atoms with Crippen LogP contribution >= 0.6 is 0 Å². The summed E-state index contributed by atoms with van der Waals surface area (Å²) >= 11 is 0. The minimum Gasteiger partial charge on any atom is -0.494 e. The lowest BCUT2D eigenvalue weighted by Crippen LogP contribution is -2.31. The third kappa shape index (κ3) is 6.85. The molecule has 0 heterocycles. The molecule has 0 atom stereocenters. The van der Waals surface area contributed by atoms with Crippen LogP contribution in [0.2, 0.25) is 0 Å². The van der Waals surface area contributed by atoms with Gasteiger partial charge in [-0.15, -0.1) is 0 Å². The highest BCUT2D eigenvalue weighted by atomic mass is 16.5. The van der Waals surface area contributed by atoms with Gasteiger partial charge in [0.15, 0.2) is 0 Å². The summed E-state index contributed by atoms with van der Waals surface area (Å²) in [7, 11) is -1.52. The predicted octanol–water partition coefficient (Wildman–Crippen LogP) is 4.55. The zero-order valence-corrected chi connectivity index (χ0v) is 15.9. The van der Waals surface area contributed by atoms with Gasteiger partial charge in [0.25, 0.3) is 0 Å². The van der Waals surface area contributed by atoms with Gasteiger partial charge < -0.3 is 14.8 Å². The monoisotopic (exact) mass is 354 g/mol. The lowest BCUT2D eigenvalue weighted by molar-refractivity contribution is 0.304. The molecule has 0 bridgehead atoms. The fourth-order valence-electron chi connectivity index (χ4n) is 3.15. The van der Waals surface area contributed by atoms with Crippen LogP contribution in [0.5, 0.6) is 5.75 Å².